The molecule has 0 aliphatic carbocycles. The third-order valence-corrected chi connectivity index (χ3v) is 3.77. The van der Waals surface area contributed by atoms with Gasteiger partial charge in [-0.15, -0.1) is 0 Å². The van der Waals surface area contributed by atoms with Crippen LogP contribution in [0.1, 0.15) is 0 Å². The normalized spacial score (nSPS) is 11.2. The number of hydrogen-bond acceptors (Lipinski definition) is 10. The van der Waals surface area contributed by atoms with Crippen molar-refractivity contribution in [3.05, 3.63) is 0 Å². The smallest absolute Gasteiger partial charge is 0.312 e. The van der Waals surface area contributed by atoms with Crippen LogP contribution in [0.15, 0.2) is 0 Å². The summed E-state index contributed by atoms with van der Waals surface area (Å²) in [6, 6.07) is 0. The van der Waals surface area contributed by atoms with Crippen LogP contribution in [-0.4, -0.2) is 155 Å². The zero-order chi connectivity index (χ0) is 28.8. The maximum Gasteiger partial charge on any atom is 0.490 e. The summed E-state index contributed by atoms with van der Waals surface area (Å²) in [6.45, 7) is 0. The van der Waals surface area contributed by atoms with E-state index in [0.29, 0.717) is 0 Å². The lowest BCUT2D eigenvalue weighted by atomic mass is 11.0. The molecule has 0 saturated heterocycles. The Bertz CT molecular complexity index is 464. The Hall–Kier alpha value is 0.210. The number of hydrogen-bond donors (Lipinski definition) is 5. The first-order valence-corrected chi connectivity index (χ1v) is 13.5. The quantitative estimate of drug-likeness (QED) is 0.297. The van der Waals surface area contributed by atoms with Crippen molar-refractivity contribution in [3.8, 4) is 0 Å². The van der Waals surface area contributed by atoms with Crippen molar-refractivity contribution in [1.29, 1.82) is 0 Å². The Morgan fingerprint density at radius 2 is 0.485 bits per heavy atom. The molecule has 0 aromatic carbocycles. The first-order valence-electron chi connectivity index (χ1n) is 8.99. The summed E-state index contributed by atoms with van der Waals surface area (Å²) >= 11 is 0. The van der Waals surface area contributed by atoms with Gasteiger partial charge in [0.15, 0.2) is 0 Å². The summed E-state index contributed by atoms with van der Waals surface area (Å²) in [5, 5.41) is 0. The Labute approximate surface area is 201 Å². The minimum Gasteiger partial charge on any atom is -0.312 e. The molecule has 0 atom stereocenters. The van der Waals surface area contributed by atoms with Gasteiger partial charge in [-0.05, 0) is 106 Å². The molecule has 15 nitrogen and oxygen atoms in total. The molecule has 0 aromatic heterocycles. The standard InChI is InChI=1S/5C3H9N.H5O10P3/c5*1-4(2)3;1-11(2,3)9-13(7,8)10-12(4,5)6/h5*1-3H3;(H,7,8)(H2,1,2,3)(H2,4,5,6). The van der Waals surface area contributed by atoms with Crippen molar-refractivity contribution in [3.63, 3.8) is 0 Å². The number of phosphoric acid groups is 3. The minimum atomic E-state index is -5.46. The molecular formula is C15H50N5O10P3. The van der Waals surface area contributed by atoms with E-state index in [0.717, 1.165) is 0 Å². The van der Waals surface area contributed by atoms with E-state index in [4.69, 9.17) is 24.5 Å². The van der Waals surface area contributed by atoms with Gasteiger partial charge in [0, 0.05) is 0 Å². The molecule has 0 fully saturated rings. The molecule has 18 heteroatoms. The van der Waals surface area contributed by atoms with Gasteiger partial charge in [0.2, 0.25) is 0 Å². The fraction of sp³-hybridized carbons (Fsp3) is 1.00. The van der Waals surface area contributed by atoms with E-state index in [-0.39, 0.29) is 0 Å². The van der Waals surface area contributed by atoms with E-state index in [1.54, 1.807) is 0 Å². The van der Waals surface area contributed by atoms with E-state index in [9.17, 15) is 13.7 Å². The zero-order valence-corrected chi connectivity index (χ0v) is 25.5. The fourth-order valence-corrected chi connectivity index (χ4v) is 2.82. The first-order chi connectivity index (χ1) is 14.1. The highest BCUT2D eigenvalue weighted by Gasteiger charge is 2.38. The molecule has 0 radical (unpaired) electrons. The summed E-state index contributed by atoms with van der Waals surface area (Å²) < 4.78 is 36.4. The van der Waals surface area contributed by atoms with E-state index in [1.807, 2.05) is 130 Å². The van der Waals surface area contributed by atoms with Crippen molar-refractivity contribution >= 4 is 23.5 Å². The average molecular weight is 554 g/mol. The second-order valence-electron chi connectivity index (χ2n) is 8.32. The molecule has 5 N–H and O–H groups in total. The Balaban J connectivity index is -0.0000000754. The Morgan fingerprint density at radius 3 is 0.545 bits per heavy atom. The molecule has 0 amide bonds. The summed E-state index contributed by atoms with van der Waals surface area (Å²) in [4.78, 5) is 50.2. The Kier molecular flexibility index (Phi) is 35.7. The lowest BCUT2D eigenvalue weighted by Gasteiger charge is -2.11. The maximum absolute atomic E-state index is 10.4. The first kappa shape index (κ1) is 46.5. The van der Waals surface area contributed by atoms with Crippen molar-refractivity contribution in [2.75, 3.05) is 106 Å². The highest BCUT2D eigenvalue weighted by molar-refractivity contribution is 7.66. The van der Waals surface area contributed by atoms with Gasteiger partial charge in [-0.2, -0.15) is 8.62 Å². The van der Waals surface area contributed by atoms with Crippen LogP contribution in [0.5, 0.6) is 0 Å². The van der Waals surface area contributed by atoms with Crippen molar-refractivity contribution in [1.82, 2.24) is 24.5 Å². The molecular weight excluding hydrogens is 503 g/mol. The van der Waals surface area contributed by atoms with Gasteiger partial charge < -0.3 is 49.0 Å². The van der Waals surface area contributed by atoms with Gasteiger partial charge in [-0.25, -0.2) is 13.7 Å². The van der Waals surface area contributed by atoms with Crippen LogP contribution in [0.25, 0.3) is 0 Å². The third kappa shape index (κ3) is 197. The highest BCUT2D eigenvalue weighted by atomic mass is 31.3. The molecule has 0 unspecified atom stereocenters. The summed E-state index contributed by atoms with van der Waals surface area (Å²) in [5.41, 5.74) is 0. The number of rotatable bonds is 4. The van der Waals surface area contributed by atoms with Gasteiger partial charge >= 0.3 is 23.5 Å². The van der Waals surface area contributed by atoms with Crippen LogP contribution in [0, 0.1) is 0 Å². The molecule has 0 heterocycles. The van der Waals surface area contributed by atoms with Crippen molar-refractivity contribution < 1.29 is 46.8 Å². The molecule has 0 aliphatic rings. The van der Waals surface area contributed by atoms with E-state index >= 15 is 0 Å². The molecule has 0 spiro atoms. The van der Waals surface area contributed by atoms with Gasteiger partial charge in [-0.3, -0.25) is 0 Å². The van der Waals surface area contributed by atoms with Gasteiger partial charge in [-0.1, -0.05) is 0 Å². The summed E-state index contributed by atoms with van der Waals surface area (Å²) in [5.74, 6) is 0. The van der Waals surface area contributed by atoms with Crippen LogP contribution in [-0.2, 0) is 22.3 Å². The van der Waals surface area contributed by atoms with Crippen LogP contribution in [0.3, 0.4) is 0 Å². The lowest BCUT2D eigenvalue weighted by Crippen LogP contribution is -1.99. The second kappa shape index (κ2) is 25.3. The van der Waals surface area contributed by atoms with Crippen molar-refractivity contribution in [2.24, 2.45) is 0 Å². The van der Waals surface area contributed by atoms with Gasteiger partial charge in [0.05, 0.1) is 0 Å². The third-order valence-electron chi connectivity index (χ3n) is 0.419. The van der Waals surface area contributed by atoms with E-state index in [2.05, 4.69) is 8.62 Å². The van der Waals surface area contributed by atoms with Crippen LogP contribution in [0.4, 0.5) is 0 Å². The van der Waals surface area contributed by atoms with Gasteiger partial charge in [0.25, 0.3) is 0 Å². The SMILES string of the molecule is CN(C)C.CN(C)C.CN(C)C.CN(C)C.CN(C)C.O=P(O)(O)OP(=O)(O)OP(=O)(O)O. The molecule has 0 saturated carbocycles. The molecule has 0 aliphatic heterocycles. The van der Waals surface area contributed by atoms with E-state index < -0.39 is 23.5 Å². The molecule has 210 valence electrons. The highest BCUT2D eigenvalue weighted by Crippen LogP contribution is 2.64. The van der Waals surface area contributed by atoms with Crippen LogP contribution in [0.2, 0.25) is 0 Å². The summed E-state index contributed by atoms with van der Waals surface area (Å²) in [7, 11) is 13.8. The van der Waals surface area contributed by atoms with Crippen LogP contribution < -0.4 is 0 Å². The summed E-state index contributed by atoms with van der Waals surface area (Å²) in [6.07, 6.45) is 0. The second-order valence-corrected chi connectivity index (χ2v) is 12.5. The largest absolute Gasteiger partial charge is 0.490 e. The van der Waals surface area contributed by atoms with Crippen molar-refractivity contribution in [2.45, 2.75) is 0 Å². The van der Waals surface area contributed by atoms with Crippen LogP contribution >= 0.6 is 23.5 Å². The topological polar surface area (TPSA) is 187 Å². The predicted octanol–water partition coefficient (Wildman–Crippen LogP) is 0.194. The average Bonchev–Trinajstić information content (AvgIpc) is 2.26. The monoisotopic (exact) mass is 553 g/mol. The molecule has 33 heavy (non-hydrogen) atoms. The zero-order valence-electron chi connectivity index (χ0n) is 22.9. The van der Waals surface area contributed by atoms with E-state index in [1.165, 1.54) is 0 Å². The predicted molar refractivity (Wildman–Crippen MR) is 134 cm³/mol. The molecule has 0 rings (SSSR count). The minimum absolute atomic E-state index is 2.00. The maximum atomic E-state index is 10.4. The number of nitrogens with zero attached hydrogens (tertiary/aromatic N) is 5. The lowest BCUT2D eigenvalue weighted by molar-refractivity contribution is 0.204. The van der Waals surface area contributed by atoms with Gasteiger partial charge in [0.1, 0.15) is 0 Å². The molecule has 0 bridgehead atoms. The molecule has 0 aromatic rings. The fourth-order valence-electron chi connectivity index (χ4n) is 0.284. The Morgan fingerprint density at radius 1 is 0.394 bits per heavy atom.